The molecule has 2 atom stereocenters. The molecule has 1 fully saturated rings. The first-order chi connectivity index (χ1) is 5.58. The average Bonchev–Trinajstić information content (AvgIpc) is 2.04. The van der Waals surface area contributed by atoms with E-state index in [1.54, 1.807) is 0 Å². The fraction of sp³-hybridized carbons (Fsp3) is 0.900. The van der Waals surface area contributed by atoms with Crippen molar-refractivity contribution in [2.24, 2.45) is 11.3 Å². The van der Waals surface area contributed by atoms with E-state index in [-0.39, 0.29) is 0 Å². The number of hydrogen-bond acceptors (Lipinski definition) is 1. The monoisotopic (exact) mass is 170 g/mol. The van der Waals surface area contributed by atoms with E-state index in [2.05, 4.69) is 6.92 Å². The highest BCUT2D eigenvalue weighted by molar-refractivity contribution is 5.74. The van der Waals surface area contributed by atoms with Crippen molar-refractivity contribution >= 4 is 5.97 Å². The second-order valence-corrected chi connectivity index (χ2v) is 4.24. The number of carboxylic acids is 1. The van der Waals surface area contributed by atoms with Gasteiger partial charge >= 0.3 is 5.97 Å². The molecule has 2 nitrogen and oxygen atoms in total. The van der Waals surface area contributed by atoms with Crippen LogP contribution in [-0.2, 0) is 4.79 Å². The van der Waals surface area contributed by atoms with Crippen molar-refractivity contribution in [3.8, 4) is 0 Å². The van der Waals surface area contributed by atoms with Crippen molar-refractivity contribution in [2.75, 3.05) is 0 Å². The van der Waals surface area contributed by atoms with E-state index in [0.717, 1.165) is 25.7 Å². The lowest BCUT2D eigenvalue weighted by atomic mass is 9.70. The predicted molar refractivity (Wildman–Crippen MR) is 48.0 cm³/mol. The van der Waals surface area contributed by atoms with E-state index >= 15 is 0 Å². The third-order valence-electron chi connectivity index (χ3n) is 3.17. The highest BCUT2D eigenvalue weighted by Crippen LogP contribution is 2.40. The first-order valence-corrected chi connectivity index (χ1v) is 4.82. The van der Waals surface area contributed by atoms with Crippen LogP contribution in [0.1, 0.15) is 46.0 Å². The van der Waals surface area contributed by atoms with Gasteiger partial charge in [0, 0.05) is 0 Å². The molecule has 1 unspecified atom stereocenters. The molecule has 0 heterocycles. The first kappa shape index (κ1) is 9.56. The molecular formula is C10H18O2. The van der Waals surface area contributed by atoms with E-state index in [1.165, 1.54) is 6.42 Å². The van der Waals surface area contributed by atoms with Crippen LogP contribution in [0.4, 0.5) is 0 Å². The van der Waals surface area contributed by atoms with Gasteiger partial charge in [0.1, 0.15) is 0 Å². The Labute approximate surface area is 74.0 Å². The highest BCUT2D eigenvalue weighted by atomic mass is 16.4. The van der Waals surface area contributed by atoms with Crippen LogP contribution in [0.2, 0.25) is 0 Å². The fourth-order valence-corrected chi connectivity index (χ4v) is 2.16. The van der Waals surface area contributed by atoms with Crippen molar-refractivity contribution in [1.29, 1.82) is 0 Å². The average molecular weight is 170 g/mol. The molecule has 12 heavy (non-hydrogen) atoms. The minimum Gasteiger partial charge on any atom is -0.481 e. The van der Waals surface area contributed by atoms with Gasteiger partial charge in [0.05, 0.1) is 5.41 Å². The van der Waals surface area contributed by atoms with Gasteiger partial charge in [-0.05, 0) is 25.7 Å². The van der Waals surface area contributed by atoms with Gasteiger partial charge in [-0.2, -0.15) is 0 Å². The Bertz CT molecular complexity index is 177. The van der Waals surface area contributed by atoms with Crippen molar-refractivity contribution in [2.45, 2.75) is 46.0 Å². The summed E-state index contributed by atoms with van der Waals surface area (Å²) >= 11 is 0. The summed E-state index contributed by atoms with van der Waals surface area (Å²) in [4.78, 5) is 10.9. The maximum absolute atomic E-state index is 10.9. The van der Waals surface area contributed by atoms with Gasteiger partial charge in [-0.3, -0.25) is 4.79 Å². The minimum absolute atomic E-state index is 0.432. The summed E-state index contributed by atoms with van der Waals surface area (Å²) in [5.74, 6) is 0.0282. The van der Waals surface area contributed by atoms with Crippen molar-refractivity contribution < 1.29 is 9.90 Å². The SMILES string of the molecule is CCC1CCC[C@@](C)(C(=O)O)C1. The van der Waals surface area contributed by atoms with Crippen molar-refractivity contribution in [3.63, 3.8) is 0 Å². The summed E-state index contributed by atoms with van der Waals surface area (Å²) < 4.78 is 0. The zero-order chi connectivity index (χ0) is 9.19. The number of aliphatic carboxylic acids is 1. The van der Waals surface area contributed by atoms with Crippen LogP contribution >= 0.6 is 0 Å². The zero-order valence-electron chi connectivity index (χ0n) is 7.97. The lowest BCUT2D eigenvalue weighted by Gasteiger charge is -2.34. The molecule has 0 bridgehead atoms. The second kappa shape index (κ2) is 3.46. The largest absolute Gasteiger partial charge is 0.481 e. The molecule has 1 saturated carbocycles. The first-order valence-electron chi connectivity index (χ1n) is 4.82. The molecule has 0 spiro atoms. The number of carbonyl (C=O) groups is 1. The van der Waals surface area contributed by atoms with Crippen molar-refractivity contribution in [3.05, 3.63) is 0 Å². The summed E-state index contributed by atoms with van der Waals surface area (Å²) in [5, 5.41) is 9.01. The molecule has 0 aromatic rings. The molecule has 1 aliphatic carbocycles. The molecular weight excluding hydrogens is 152 g/mol. The Hall–Kier alpha value is -0.530. The summed E-state index contributed by atoms with van der Waals surface area (Å²) in [6.07, 6.45) is 5.17. The summed E-state index contributed by atoms with van der Waals surface area (Å²) in [7, 11) is 0. The third-order valence-corrected chi connectivity index (χ3v) is 3.17. The maximum atomic E-state index is 10.9. The Kier molecular flexibility index (Phi) is 2.76. The smallest absolute Gasteiger partial charge is 0.309 e. The van der Waals surface area contributed by atoms with Crippen molar-refractivity contribution in [1.82, 2.24) is 0 Å². The molecule has 1 N–H and O–H groups in total. The molecule has 1 aliphatic rings. The van der Waals surface area contributed by atoms with E-state index in [9.17, 15) is 4.79 Å². The van der Waals surface area contributed by atoms with Gasteiger partial charge in [-0.1, -0.05) is 26.2 Å². The third kappa shape index (κ3) is 1.79. The Morgan fingerprint density at radius 2 is 2.33 bits per heavy atom. The lowest BCUT2D eigenvalue weighted by Crippen LogP contribution is -2.33. The quantitative estimate of drug-likeness (QED) is 0.691. The summed E-state index contributed by atoms with van der Waals surface area (Å²) in [6, 6.07) is 0. The second-order valence-electron chi connectivity index (χ2n) is 4.24. The Morgan fingerprint density at radius 3 is 2.83 bits per heavy atom. The predicted octanol–water partition coefficient (Wildman–Crippen LogP) is 2.68. The van der Waals surface area contributed by atoms with Crippen LogP contribution in [-0.4, -0.2) is 11.1 Å². The van der Waals surface area contributed by atoms with Crippen LogP contribution in [0.3, 0.4) is 0 Å². The van der Waals surface area contributed by atoms with Crippen LogP contribution in [0.25, 0.3) is 0 Å². The van der Waals surface area contributed by atoms with Crippen LogP contribution in [0.15, 0.2) is 0 Å². The van der Waals surface area contributed by atoms with Gasteiger partial charge in [0.2, 0.25) is 0 Å². The molecule has 2 heteroatoms. The standard InChI is InChI=1S/C10H18O2/c1-3-8-5-4-6-10(2,7-8)9(11)12/h8H,3-7H2,1-2H3,(H,11,12)/t8?,10-/m1/s1. The zero-order valence-corrected chi connectivity index (χ0v) is 7.97. The summed E-state index contributed by atoms with van der Waals surface area (Å²) in [6.45, 7) is 4.04. The van der Waals surface area contributed by atoms with Crippen LogP contribution in [0, 0.1) is 11.3 Å². The molecule has 0 aromatic heterocycles. The van der Waals surface area contributed by atoms with Gasteiger partial charge in [-0.15, -0.1) is 0 Å². The van der Waals surface area contributed by atoms with E-state index in [1.807, 2.05) is 6.92 Å². The highest BCUT2D eigenvalue weighted by Gasteiger charge is 2.37. The molecule has 0 aromatic carbocycles. The molecule has 0 saturated heterocycles. The molecule has 70 valence electrons. The lowest BCUT2D eigenvalue weighted by molar-refractivity contribution is -0.150. The molecule has 1 rings (SSSR count). The summed E-state index contributed by atoms with van der Waals surface area (Å²) in [5.41, 5.74) is -0.432. The van der Waals surface area contributed by atoms with Gasteiger partial charge in [-0.25, -0.2) is 0 Å². The van der Waals surface area contributed by atoms with Gasteiger partial charge in [0.15, 0.2) is 0 Å². The van der Waals surface area contributed by atoms with E-state index in [0.29, 0.717) is 5.92 Å². The van der Waals surface area contributed by atoms with Crippen LogP contribution in [0.5, 0.6) is 0 Å². The minimum atomic E-state index is -0.611. The van der Waals surface area contributed by atoms with Gasteiger partial charge < -0.3 is 5.11 Å². The van der Waals surface area contributed by atoms with Crippen LogP contribution < -0.4 is 0 Å². The Morgan fingerprint density at radius 1 is 1.67 bits per heavy atom. The number of hydrogen-bond donors (Lipinski definition) is 1. The van der Waals surface area contributed by atoms with E-state index < -0.39 is 11.4 Å². The molecule has 0 aliphatic heterocycles. The number of rotatable bonds is 2. The topological polar surface area (TPSA) is 37.3 Å². The number of carboxylic acid groups (broad SMARTS) is 1. The fourth-order valence-electron chi connectivity index (χ4n) is 2.16. The normalized spacial score (nSPS) is 36.3. The van der Waals surface area contributed by atoms with Gasteiger partial charge in [0.25, 0.3) is 0 Å². The molecule has 0 radical (unpaired) electrons. The van der Waals surface area contributed by atoms with E-state index in [4.69, 9.17) is 5.11 Å². The Balaban J connectivity index is 2.61. The maximum Gasteiger partial charge on any atom is 0.309 e. The molecule has 0 amide bonds.